The van der Waals surface area contributed by atoms with E-state index in [2.05, 4.69) is 23.5 Å². The molecule has 114 valence electrons. The summed E-state index contributed by atoms with van der Waals surface area (Å²) in [4.78, 5) is 0. The summed E-state index contributed by atoms with van der Waals surface area (Å²) in [6.45, 7) is 2.06. The molecule has 0 spiro atoms. The Morgan fingerprint density at radius 3 is 2.65 bits per heavy atom. The van der Waals surface area contributed by atoms with Gasteiger partial charge >= 0.3 is 0 Å². The SMILES string of the molecule is CCc1cc(CC(NN)C2CCC(F)(F)CC2)n(C)n1. The van der Waals surface area contributed by atoms with E-state index in [9.17, 15) is 8.78 Å². The first-order chi connectivity index (χ1) is 9.45. The van der Waals surface area contributed by atoms with Crippen molar-refractivity contribution in [3.63, 3.8) is 0 Å². The Hall–Kier alpha value is -1.01. The van der Waals surface area contributed by atoms with Crippen molar-refractivity contribution < 1.29 is 8.78 Å². The van der Waals surface area contributed by atoms with Crippen LogP contribution < -0.4 is 11.3 Å². The first kappa shape index (κ1) is 15.4. The van der Waals surface area contributed by atoms with Crippen molar-refractivity contribution in [2.24, 2.45) is 18.8 Å². The van der Waals surface area contributed by atoms with Crippen molar-refractivity contribution >= 4 is 0 Å². The number of hydrogen-bond acceptors (Lipinski definition) is 3. The van der Waals surface area contributed by atoms with Gasteiger partial charge in [0.1, 0.15) is 0 Å². The highest BCUT2D eigenvalue weighted by Gasteiger charge is 2.37. The van der Waals surface area contributed by atoms with Crippen LogP contribution in [-0.4, -0.2) is 21.7 Å². The summed E-state index contributed by atoms with van der Waals surface area (Å²) in [5.41, 5.74) is 4.96. The lowest BCUT2D eigenvalue weighted by molar-refractivity contribution is -0.0496. The zero-order valence-electron chi connectivity index (χ0n) is 12.2. The molecule has 4 nitrogen and oxygen atoms in total. The maximum absolute atomic E-state index is 13.2. The number of alkyl halides is 2. The standard InChI is InChI=1S/C14H24F2N4/c1-3-11-8-12(20(2)19-11)9-13(18-17)10-4-6-14(15,16)7-5-10/h8,10,13,18H,3-7,9,17H2,1-2H3. The molecule has 6 heteroatoms. The van der Waals surface area contributed by atoms with Crippen LogP contribution in [0.4, 0.5) is 8.78 Å². The summed E-state index contributed by atoms with van der Waals surface area (Å²) in [5, 5.41) is 4.41. The molecule has 0 aromatic carbocycles. The fourth-order valence-electron chi connectivity index (χ4n) is 2.99. The minimum absolute atomic E-state index is 0.0263. The van der Waals surface area contributed by atoms with Gasteiger partial charge in [-0.2, -0.15) is 5.10 Å². The van der Waals surface area contributed by atoms with E-state index in [1.165, 1.54) is 0 Å². The van der Waals surface area contributed by atoms with E-state index in [4.69, 9.17) is 5.84 Å². The average molecular weight is 286 g/mol. The molecule has 2 rings (SSSR count). The topological polar surface area (TPSA) is 55.9 Å². The number of aromatic nitrogens is 2. The van der Waals surface area contributed by atoms with E-state index in [1.807, 2.05) is 11.7 Å². The maximum Gasteiger partial charge on any atom is 0.248 e. The van der Waals surface area contributed by atoms with E-state index in [0.29, 0.717) is 12.8 Å². The number of nitrogens with one attached hydrogen (secondary N) is 1. The molecular weight excluding hydrogens is 262 g/mol. The molecule has 0 bridgehead atoms. The molecule has 1 aromatic rings. The Morgan fingerprint density at radius 1 is 1.50 bits per heavy atom. The molecule has 20 heavy (non-hydrogen) atoms. The van der Waals surface area contributed by atoms with Gasteiger partial charge in [-0.25, -0.2) is 8.78 Å². The van der Waals surface area contributed by atoms with Crippen LogP contribution in [0.1, 0.15) is 44.0 Å². The van der Waals surface area contributed by atoms with Crippen molar-refractivity contribution in [1.29, 1.82) is 0 Å². The lowest BCUT2D eigenvalue weighted by Gasteiger charge is -2.33. The fourth-order valence-corrected chi connectivity index (χ4v) is 2.99. The average Bonchev–Trinajstić information content (AvgIpc) is 2.77. The van der Waals surface area contributed by atoms with Gasteiger partial charge in [-0.1, -0.05) is 6.92 Å². The minimum Gasteiger partial charge on any atom is -0.272 e. The van der Waals surface area contributed by atoms with E-state index >= 15 is 0 Å². The van der Waals surface area contributed by atoms with Crippen LogP contribution in [0.5, 0.6) is 0 Å². The van der Waals surface area contributed by atoms with Crippen LogP contribution in [0.3, 0.4) is 0 Å². The van der Waals surface area contributed by atoms with Crippen LogP contribution in [0, 0.1) is 5.92 Å². The van der Waals surface area contributed by atoms with Crippen molar-refractivity contribution in [3.05, 3.63) is 17.5 Å². The van der Waals surface area contributed by atoms with Crippen molar-refractivity contribution in [1.82, 2.24) is 15.2 Å². The number of hydrazine groups is 1. The van der Waals surface area contributed by atoms with Crippen molar-refractivity contribution in [2.45, 2.75) is 57.4 Å². The highest BCUT2D eigenvalue weighted by molar-refractivity contribution is 5.12. The van der Waals surface area contributed by atoms with Crippen LogP contribution in [0.2, 0.25) is 0 Å². The first-order valence-electron chi connectivity index (χ1n) is 7.31. The van der Waals surface area contributed by atoms with E-state index in [0.717, 1.165) is 24.2 Å². The molecule has 1 aliphatic rings. The molecule has 0 aliphatic heterocycles. The lowest BCUT2D eigenvalue weighted by Crippen LogP contribution is -2.45. The molecule has 1 unspecified atom stereocenters. The van der Waals surface area contributed by atoms with Crippen molar-refractivity contribution in [2.75, 3.05) is 0 Å². The van der Waals surface area contributed by atoms with Gasteiger partial charge < -0.3 is 0 Å². The number of hydrogen-bond donors (Lipinski definition) is 2. The summed E-state index contributed by atoms with van der Waals surface area (Å²) in [5.74, 6) is 3.36. The number of nitrogens with zero attached hydrogens (tertiary/aromatic N) is 2. The quantitative estimate of drug-likeness (QED) is 0.644. The zero-order chi connectivity index (χ0) is 14.8. The summed E-state index contributed by atoms with van der Waals surface area (Å²) < 4.78 is 28.3. The van der Waals surface area contributed by atoms with Gasteiger partial charge in [0.2, 0.25) is 5.92 Å². The largest absolute Gasteiger partial charge is 0.272 e. The van der Waals surface area contributed by atoms with Gasteiger partial charge in [0.25, 0.3) is 0 Å². The second kappa shape index (κ2) is 6.18. The molecule has 1 heterocycles. The molecule has 1 aromatic heterocycles. The summed E-state index contributed by atoms with van der Waals surface area (Å²) >= 11 is 0. The molecule has 1 saturated carbocycles. The highest BCUT2D eigenvalue weighted by atomic mass is 19.3. The van der Waals surface area contributed by atoms with Crippen LogP contribution in [-0.2, 0) is 19.9 Å². The zero-order valence-corrected chi connectivity index (χ0v) is 12.2. The molecule has 0 amide bonds. The molecule has 0 saturated heterocycles. The van der Waals surface area contributed by atoms with Crippen molar-refractivity contribution in [3.8, 4) is 0 Å². The third-order valence-corrected chi connectivity index (χ3v) is 4.36. The summed E-state index contributed by atoms with van der Waals surface area (Å²) in [6.07, 6.45) is 2.63. The van der Waals surface area contributed by atoms with Gasteiger partial charge in [-0.3, -0.25) is 16.0 Å². The van der Waals surface area contributed by atoms with E-state index in [-0.39, 0.29) is 24.8 Å². The molecule has 1 fully saturated rings. The smallest absolute Gasteiger partial charge is 0.248 e. The second-order valence-corrected chi connectivity index (χ2v) is 5.77. The van der Waals surface area contributed by atoms with E-state index in [1.54, 1.807) is 0 Å². The maximum atomic E-state index is 13.2. The fraction of sp³-hybridized carbons (Fsp3) is 0.786. The Bertz CT molecular complexity index is 434. The number of rotatable bonds is 5. The van der Waals surface area contributed by atoms with Crippen LogP contribution >= 0.6 is 0 Å². The second-order valence-electron chi connectivity index (χ2n) is 5.77. The number of aryl methyl sites for hydroxylation is 2. The monoisotopic (exact) mass is 286 g/mol. The Labute approximate surface area is 118 Å². The molecule has 1 aliphatic carbocycles. The van der Waals surface area contributed by atoms with Gasteiger partial charge in [-0.15, -0.1) is 0 Å². The molecule has 3 N–H and O–H groups in total. The Morgan fingerprint density at radius 2 is 2.15 bits per heavy atom. The third-order valence-electron chi connectivity index (χ3n) is 4.36. The van der Waals surface area contributed by atoms with Crippen LogP contribution in [0.25, 0.3) is 0 Å². The van der Waals surface area contributed by atoms with Gasteiger partial charge in [0.15, 0.2) is 0 Å². The minimum atomic E-state index is -2.49. The summed E-state index contributed by atoms with van der Waals surface area (Å²) in [6, 6.07) is 2.10. The predicted octanol–water partition coefficient (Wildman–Crippen LogP) is 2.18. The first-order valence-corrected chi connectivity index (χ1v) is 7.31. The summed E-state index contributed by atoms with van der Waals surface area (Å²) in [7, 11) is 1.91. The number of halogens is 2. The highest BCUT2D eigenvalue weighted by Crippen LogP contribution is 2.37. The Kier molecular flexibility index (Phi) is 4.75. The molecule has 1 atom stereocenters. The molecular formula is C14H24F2N4. The van der Waals surface area contributed by atoms with E-state index < -0.39 is 5.92 Å². The normalized spacial score (nSPS) is 21.1. The predicted molar refractivity (Wildman–Crippen MR) is 74.3 cm³/mol. The van der Waals surface area contributed by atoms with Gasteiger partial charge in [-0.05, 0) is 31.2 Å². The Balaban J connectivity index is 2.00. The lowest BCUT2D eigenvalue weighted by atomic mass is 9.81. The third kappa shape index (κ3) is 3.55. The molecule has 0 radical (unpaired) electrons. The number of nitrogens with two attached hydrogens (primary N) is 1. The van der Waals surface area contributed by atoms with Crippen LogP contribution in [0.15, 0.2) is 6.07 Å². The van der Waals surface area contributed by atoms with Gasteiger partial charge in [0, 0.05) is 38.0 Å². The van der Waals surface area contributed by atoms with Gasteiger partial charge in [0.05, 0.1) is 5.69 Å².